The van der Waals surface area contributed by atoms with E-state index in [9.17, 15) is 4.79 Å². The van der Waals surface area contributed by atoms with Crippen molar-refractivity contribution in [2.75, 3.05) is 20.3 Å². The van der Waals surface area contributed by atoms with Gasteiger partial charge in [-0.2, -0.15) is 0 Å². The molecule has 1 aliphatic rings. The Bertz CT molecular complexity index is 526. The van der Waals surface area contributed by atoms with Crippen molar-refractivity contribution in [3.05, 3.63) is 22.2 Å². The number of nitrogens with one attached hydrogen (secondary N) is 1. The summed E-state index contributed by atoms with van der Waals surface area (Å²) in [5.74, 6) is 1.11. The van der Waals surface area contributed by atoms with Gasteiger partial charge in [0.15, 0.2) is 11.5 Å². The van der Waals surface area contributed by atoms with Crippen LogP contribution in [0.5, 0.6) is 11.5 Å². The zero-order valence-corrected chi connectivity index (χ0v) is 14.4. The second-order valence-corrected chi connectivity index (χ2v) is 6.62. The van der Waals surface area contributed by atoms with E-state index in [0.717, 1.165) is 11.0 Å². The van der Waals surface area contributed by atoms with E-state index < -0.39 is 0 Å². The normalized spacial score (nSPS) is 16.0. The Hall–Kier alpha value is -1.23. The van der Waals surface area contributed by atoms with Crippen molar-refractivity contribution in [3.8, 4) is 11.5 Å². The molecule has 0 atom stereocenters. The van der Waals surface area contributed by atoms with Crippen LogP contribution < -0.4 is 14.8 Å². The lowest BCUT2D eigenvalue weighted by Crippen LogP contribution is -2.39. The first kappa shape index (κ1) is 16.1. The van der Waals surface area contributed by atoms with Crippen molar-refractivity contribution in [1.29, 1.82) is 0 Å². The van der Waals surface area contributed by atoms with E-state index in [1.165, 1.54) is 19.3 Å². The van der Waals surface area contributed by atoms with Gasteiger partial charge in [-0.25, -0.2) is 0 Å². The number of halogens is 1. The fourth-order valence-electron chi connectivity index (χ4n) is 2.49. The molecular weight excluding hydrogens is 334 g/mol. The topological polar surface area (TPSA) is 47.6 Å². The second kappa shape index (κ2) is 6.69. The summed E-state index contributed by atoms with van der Waals surface area (Å²) in [5, 5.41) is 3.02. The monoisotopic (exact) mass is 355 g/mol. The maximum atomic E-state index is 12.3. The van der Waals surface area contributed by atoms with Crippen LogP contribution >= 0.6 is 15.9 Å². The Morgan fingerprint density at radius 3 is 2.67 bits per heavy atom. The van der Waals surface area contributed by atoms with E-state index in [1.807, 2.05) is 6.92 Å². The van der Waals surface area contributed by atoms with E-state index in [1.54, 1.807) is 19.2 Å². The molecule has 1 aromatic rings. The summed E-state index contributed by atoms with van der Waals surface area (Å²) in [6.07, 6.45) is 3.63. The van der Waals surface area contributed by atoms with Crippen LogP contribution in [0.25, 0.3) is 0 Å². The highest BCUT2D eigenvalue weighted by Gasteiger charge is 2.32. The molecule has 1 fully saturated rings. The molecule has 0 unspecified atom stereocenters. The highest BCUT2D eigenvalue weighted by Crippen LogP contribution is 2.40. The van der Waals surface area contributed by atoms with Gasteiger partial charge in [0.25, 0.3) is 5.91 Å². The first-order valence-corrected chi connectivity index (χ1v) is 8.07. The number of carbonyl (C=O) groups is 1. The SMILES string of the molecule is CCOc1c(Br)cc(C(=O)NCC2(C)CCC2)cc1OC. The maximum absolute atomic E-state index is 12.3. The van der Waals surface area contributed by atoms with E-state index in [4.69, 9.17) is 9.47 Å². The molecule has 0 spiro atoms. The lowest BCUT2D eigenvalue weighted by atomic mass is 9.70. The van der Waals surface area contributed by atoms with Gasteiger partial charge >= 0.3 is 0 Å². The van der Waals surface area contributed by atoms with E-state index in [2.05, 4.69) is 28.2 Å². The van der Waals surface area contributed by atoms with Gasteiger partial charge in [0.1, 0.15) is 0 Å². The van der Waals surface area contributed by atoms with Crippen molar-refractivity contribution in [2.24, 2.45) is 5.41 Å². The van der Waals surface area contributed by atoms with Crippen LogP contribution in [0.15, 0.2) is 16.6 Å². The predicted octanol–water partition coefficient (Wildman–Crippen LogP) is 3.78. The molecule has 0 saturated heterocycles. The van der Waals surface area contributed by atoms with Gasteiger partial charge in [-0.1, -0.05) is 13.3 Å². The largest absolute Gasteiger partial charge is 0.493 e. The summed E-state index contributed by atoms with van der Waals surface area (Å²) in [6, 6.07) is 3.49. The molecule has 1 amide bonds. The molecule has 116 valence electrons. The maximum Gasteiger partial charge on any atom is 0.251 e. The zero-order chi connectivity index (χ0) is 15.5. The minimum atomic E-state index is -0.0785. The molecule has 1 aromatic carbocycles. The molecule has 1 saturated carbocycles. The number of hydrogen-bond acceptors (Lipinski definition) is 3. The fourth-order valence-corrected chi connectivity index (χ4v) is 3.04. The lowest BCUT2D eigenvalue weighted by molar-refractivity contribution is 0.0890. The third-order valence-corrected chi connectivity index (χ3v) is 4.61. The predicted molar refractivity (Wildman–Crippen MR) is 86.2 cm³/mol. The van der Waals surface area contributed by atoms with Crippen LogP contribution in [-0.2, 0) is 0 Å². The first-order chi connectivity index (χ1) is 9.99. The Morgan fingerprint density at radius 2 is 2.14 bits per heavy atom. The van der Waals surface area contributed by atoms with Crippen LogP contribution in [0.1, 0.15) is 43.5 Å². The minimum absolute atomic E-state index is 0.0785. The minimum Gasteiger partial charge on any atom is -0.493 e. The number of benzene rings is 1. The van der Waals surface area contributed by atoms with Crippen molar-refractivity contribution in [3.63, 3.8) is 0 Å². The number of methoxy groups -OCH3 is 1. The van der Waals surface area contributed by atoms with Crippen LogP contribution in [0, 0.1) is 5.41 Å². The summed E-state index contributed by atoms with van der Waals surface area (Å²) >= 11 is 3.44. The van der Waals surface area contributed by atoms with Gasteiger partial charge in [0.2, 0.25) is 0 Å². The van der Waals surface area contributed by atoms with Gasteiger partial charge in [0, 0.05) is 12.1 Å². The number of ether oxygens (including phenoxy) is 2. The standard InChI is InChI=1S/C16H22BrNO3/c1-4-21-14-12(17)8-11(9-13(14)20-3)15(19)18-10-16(2)6-5-7-16/h8-9H,4-7,10H2,1-3H3,(H,18,19). The average Bonchev–Trinajstić information content (AvgIpc) is 2.44. The van der Waals surface area contributed by atoms with E-state index >= 15 is 0 Å². The van der Waals surface area contributed by atoms with Gasteiger partial charge in [0.05, 0.1) is 18.2 Å². The van der Waals surface area contributed by atoms with Crippen LogP contribution in [0.4, 0.5) is 0 Å². The highest BCUT2D eigenvalue weighted by atomic mass is 79.9. The highest BCUT2D eigenvalue weighted by molar-refractivity contribution is 9.10. The molecule has 2 rings (SSSR count). The van der Waals surface area contributed by atoms with E-state index in [0.29, 0.717) is 23.7 Å². The summed E-state index contributed by atoms with van der Waals surface area (Å²) in [7, 11) is 1.57. The summed E-state index contributed by atoms with van der Waals surface area (Å²) in [6.45, 7) is 5.38. The molecule has 0 aromatic heterocycles. The van der Waals surface area contributed by atoms with Crippen LogP contribution in [0.2, 0.25) is 0 Å². The lowest BCUT2D eigenvalue weighted by Gasteiger charge is -2.38. The third-order valence-electron chi connectivity index (χ3n) is 4.02. The van der Waals surface area contributed by atoms with Crippen molar-refractivity contribution in [2.45, 2.75) is 33.1 Å². The van der Waals surface area contributed by atoms with Crippen molar-refractivity contribution < 1.29 is 14.3 Å². The van der Waals surface area contributed by atoms with Gasteiger partial charge in [-0.05, 0) is 53.2 Å². The number of hydrogen-bond donors (Lipinski definition) is 1. The molecule has 5 heteroatoms. The Labute approximate surface area is 134 Å². The molecule has 0 heterocycles. The molecule has 0 aliphatic heterocycles. The second-order valence-electron chi connectivity index (χ2n) is 5.77. The van der Waals surface area contributed by atoms with Gasteiger partial charge in [-0.3, -0.25) is 4.79 Å². The summed E-state index contributed by atoms with van der Waals surface area (Å²) < 4.78 is 11.6. The summed E-state index contributed by atoms with van der Waals surface area (Å²) in [4.78, 5) is 12.3. The molecule has 1 N–H and O–H groups in total. The number of rotatable bonds is 6. The summed E-state index contributed by atoms with van der Waals surface area (Å²) in [5.41, 5.74) is 0.840. The average molecular weight is 356 g/mol. The van der Waals surface area contributed by atoms with Gasteiger partial charge < -0.3 is 14.8 Å². The fraction of sp³-hybridized carbons (Fsp3) is 0.562. The molecule has 0 radical (unpaired) electrons. The molecular formula is C16H22BrNO3. The Kier molecular flexibility index (Phi) is 5.14. The molecule has 21 heavy (non-hydrogen) atoms. The smallest absolute Gasteiger partial charge is 0.251 e. The van der Waals surface area contributed by atoms with E-state index in [-0.39, 0.29) is 11.3 Å². The van der Waals surface area contributed by atoms with Crippen LogP contribution in [-0.4, -0.2) is 26.2 Å². The first-order valence-electron chi connectivity index (χ1n) is 7.27. The molecule has 4 nitrogen and oxygen atoms in total. The van der Waals surface area contributed by atoms with Gasteiger partial charge in [-0.15, -0.1) is 0 Å². The van der Waals surface area contributed by atoms with Crippen molar-refractivity contribution in [1.82, 2.24) is 5.32 Å². The Balaban J connectivity index is 2.11. The molecule has 1 aliphatic carbocycles. The van der Waals surface area contributed by atoms with Crippen molar-refractivity contribution >= 4 is 21.8 Å². The zero-order valence-electron chi connectivity index (χ0n) is 12.8. The molecule has 0 bridgehead atoms. The van der Waals surface area contributed by atoms with Crippen LogP contribution in [0.3, 0.4) is 0 Å². The third kappa shape index (κ3) is 3.70. The number of amides is 1. The Morgan fingerprint density at radius 1 is 1.43 bits per heavy atom. The quantitative estimate of drug-likeness (QED) is 0.844. The number of carbonyl (C=O) groups excluding carboxylic acids is 1.